The van der Waals surface area contributed by atoms with Crippen molar-refractivity contribution in [2.45, 2.75) is 19.4 Å². The van der Waals surface area contributed by atoms with Crippen LogP contribution in [0.5, 0.6) is 0 Å². The number of hydrogen-bond donors (Lipinski definition) is 0. The zero-order valence-corrected chi connectivity index (χ0v) is 13.7. The Hall–Kier alpha value is -2.46. The number of fused-ring (bicyclic) bond motifs is 2. The third-order valence-electron chi connectivity index (χ3n) is 4.51. The van der Waals surface area contributed by atoms with Crippen LogP contribution < -0.4 is 5.43 Å². The number of para-hydroxylation sites is 1. The van der Waals surface area contributed by atoms with Crippen molar-refractivity contribution in [3.8, 4) is 0 Å². The number of likely N-dealkylation sites (N-methyl/N-ethyl adjacent to an activating group) is 1. The SMILES string of the molecule is CN(C)C(C)(C)C(=O)c1ccc2oc3ccccc3c(=O)c2c1. The Bertz CT molecular complexity index is 967. The fourth-order valence-electron chi connectivity index (χ4n) is 2.50. The highest BCUT2D eigenvalue weighted by Gasteiger charge is 2.31. The number of hydrogen-bond acceptors (Lipinski definition) is 4. The Morgan fingerprint density at radius 1 is 1.00 bits per heavy atom. The van der Waals surface area contributed by atoms with E-state index in [0.29, 0.717) is 27.5 Å². The predicted molar refractivity (Wildman–Crippen MR) is 92.1 cm³/mol. The molecule has 0 aliphatic rings. The second kappa shape index (κ2) is 5.32. The zero-order valence-electron chi connectivity index (χ0n) is 13.7. The summed E-state index contributed by atoms with van der Waals surface area (Å²) in [5, 5.41) is 0.959. The Morgan fingerprint density at radius 2 is 1.65 bits per heavy atom. The molecule has 118 valence electrons. The third kappa shape index (κ3) is 2.45. The lowest BCUT2D eigenvalue weighted by atomic mass is 9.91. The van der Waals surface area contributed by atoms with Gasteiger partial charge in [-0.15, -0.1) is 0 Å². The largest absolute Gasteiger partial charge is 0.456 e. The minimum absolute atomic E-state index is 0.0306. The summed E-state index contributed by atoms with van der Waals surface area (Å²) in [5.41, 5.74) is 0.800. The van der Waals surface area contributed by atoms with Crippen molar-refractivity contribution in [1.29, 1.82) is 0 Å². The van der Waals surface area contributed by atoms with Crippen LogP contribution in [0.25, 0.3) is 21.9 Å². The van der Waals surface area contributed by atoms with E-state index < -0.39 is 5.54 Å². The molecule has 4 heteroatoms. The van der Waals surface area contributed by atoms with E-state index in [9.17, 15) is 9.59 Å². The molecule has 3 rings (SSSR count). The molecule has 0 unspecified atom stereocenters. The maximum atomic E-state index is 12.8. The molecule has 0 saturated heterocycles. The maximum absolute atomic E-state index is 12.8. The minimum atomic E-state index is -0.648. The van der Waals surface area contributed by atoms with Crippen LogP contribution in [-0.4, -0.2) is 30.3 Å². The lowest BCUT2D eigenvalue weighted by Gasteiger charge is -2.30. The second-order valence-electron chi connectivity index (χ2n) is 6.42. The number of ketones is 1. The smallest absolute Gasteiger partial charge is 0.200 e. The van der Waals surface area contributed by atoms with Crippen LogP contribution in [0.15, 0.2) is 51.7 Å². The van der Waals surface area contributed by atoms with E-state index in [2.05, 4.69) is 0 Å². The molecule has 0 saturated carbocycles. The summed E-state index contributed by atoms with van der Waals surface area (Å²) in [6, 6.07) is 12.2. The molecule has 0 spiro atoms. The van der Waals surface area contributed by atoms with Crippen LogP contribution in [0.3, 0.4) is 0 Å². The van der Waals surface area contributed by atoms with Gasteiger partial charge in [-0.05, 0) is 58.3 Å². The Balaban J connectivity index is 2.23. The van der Waals surface area contributed by atoms with Crippen LogP contribution in [0.4, 0.5) is 0 Å². The number of Topliss-reactive ketones (excluding diaryl/α,β-unsaturated/α-hetero) is 1. The van der Waals surface area contributed by atoms with E-state index in [0.717, 1.165) is 0 Å². The molecule has 3 aromatic rings. The average molecular weight is 309 g/mol. The molecular formula is C19H19NO3. The fourth-order valence-corrected chi connectivity index (χ4v) is 2.50. The number of benzene rings is 2. The summed E-state index contributed by atoms with van der Waals surface area (Å²) in [7, 11) is 3.72. The van der Waals surface area contributed by atoms with E-state index >= 15 is 0 Å². The maximum Gasteiger partial charge on any atom is 0.200 e. The van der Waals surface area contributed by atoms with Gasteiger partial charge < -0.3 is 4.42 Å². The third-order valence-corrected chi connectivity index (χ3v) is 4.51. The molecule has 1 aromatic heterocycles. The number of carbonyl (C=O) groups is 1. The van der Waals surface area contributed by atoms with Gasteiger partial charge in [-0.2, -0.15) is 0 Å². The van der Waals surface area contributed by atoms with Gasteiger partial charge in [-0.1, -0.05) is 12.1 Å². The first-order valence-electron chi connectivity index (χ1n) is 7.50. The normalized spacial score (nSPS) is 12.2. The van der Waals surface area contributed by atoms with Crippen LogP contribution in [0.1, 0.15) is 24.2 Å². The summed E-state index contributed by atoms with van der Waals surface area (Å²) >= 11 is 0. The highest BCUT2D eigenvalue weighted by molar-refractivity contribution is 6.05. The second-order valence-corrected chi connectivity index (χ2v) is 6.42. The van der Waals surface area contributed by atoms with Gasteiger partial charge >= 0.3 is 0 Å². The summed E-state index contributed by atoms with van der Waals surface area (Å²) in [6.07, 6.45) is 0. The molecule has 2 aromatic carbocycles. The Labute approximate surface area is 134 Å². The summed E-state index contributed by atoms with van der Waals surface area (Å²) in [5.74, 6) is -0.0306. The number of carbonyl (C=O) groups excluding carboxylic acids is 1. The Morgan fingerprint density at radius 3 is 2.35 bits per heavy atom. The van der Waals surface area contributed by atoms with Gasteiger partial charge in [0.1, 0.15) is 11.2 Å². The topological polar surface area (TPSA) is 50.5 Å². The lowest BCUT2D eigenvalue weighted by Crippen LogP contribution is -2.45. The van der Waals surface area contributed by atoms with Gasteiger partial charge in [-0.25, -0.2) is 0 Å². The van der Waals surface area contributed by atoms with Gasteiger partial charge in [0, 0.05) is 5.56 Å². The van der Waals surface area contributed by atoms with Crippen molar-refractivity contribution in [2.75, 3.05) is 14.1 Å². The van der Waals surface area contributed by atoms with Gasteiger partial charge in [0.2, 0.25) is 5.43 Å². The Kier molecular flexibility index (Phi) is 3.57. The van der Waals surface area contributed by atoms with E-state index in [4.69, 9.17) is 4.42 Å². The van der Waals surface area contributed by atoms with Gasteiger partial charge in [0.15, 0.2) is 5.78 Å². The minimum Gasteiger partial charge on any atom is -0.456 e. The van der Waals surface area contributed by atoms with Crippen molar-refractivity contribution in [2.24, 2.45) is 0 Å². The van der Waals surface area contributed by atoms with Crippen molar-refractivity contribution >= 4 is 27.7 Å². The van der Waals surface area contributed by atoms with Crippen molar-refractivity contribution in [3.05, 3.63) is 58.3 Å². The molecule has 0 atom stereocenters. The molecule has 4 nitrogen and oxygen atoms in total. The molecule has 0 aliphatic heterocycles. The van der Waals surface area contributed by atoms with Gasteiger partial charge in [0.05, 0.1) is 16.3 Å². The molecule has 23 heavy (non-hydrogen) atoms. The number of nitrogens with zero attached hydrogens (tertiary/aromatic N) is 1. The molecule has 0 amide bonds. The van der Waals surface area contributed by atoms with Crippen LogP contribution in [-0.2, 0) is 0 Å². The van der Waals surface area contributed by atoms with E-state index in [1.807, 2.05) is 38.9 Å². The molecular weight excluding hydrogens is 290 g/mol. The zero-order chi connectivity index (χ0) is 16.8. The quantitative estimate of drug-likeness (QED) is 0.549. The molecule has 0 bridgehead atoms. The van der Waals surface area contributed by atoms with E-state index in [1.54, 1.807) is 36.4 Å². The highest BCUT2D eigenvalue weighted by Crippen LogP contribution is 2.23. The summed E-state index contributed by atoms with van der Waals surface area (Å²) < 4.78 is 5.77. The first-order valence-corrected chi connectivity index (χ1v) is 7.50. The summed E-state index contributed by atoms with van der Waals surface area (Å²) in [6.45, 7) is 3.73. The molecule has 0 fully saturated rings. The van der Waals surface area contributed by atoms with Gasteiger partial charge in [-0.3, -0.25) is 14.5 Å². The molecule has 0 radical (unpaired) electrons. The van der Waals surface area contributed by atoms with Crippen LogP contribution in [0.2, 0.25) is 0 Å². The first kappa shape index (κ1) is 15.4. The standard InChI is InChI=1S/C19H19NO3/c1-19(2,20(3)4)18(22)12-9-10-16-14(11-12)17(21)13-7-5-6-8-15(13)23-16/h5-11H,1-4H3. The van der Waals surface area contributed by atoms with Crippen molar-refractivity contribution < 1.29 is 9.21 Å². The molecule has 0 aliphatic carbocycles. The average Bonchev–Trinajstić information content (AvgIpc) is 2.54. The lowest BCUT2D eigenvalue weighted by molar-refractivity contribution is 0.0755. The fraction of sp³-hybridized carbons (Fsp3) is 0.263. The van der Waals surface area contributed by atoms with Crippen LogP contribution >= 0.6 is 0 Å². The van der Waals surface area contributed by atoms with E-state index in [-0.39, 0.29) is 11.2 Å². The molecule has 1 heterocycles. The highest BCUT2D eigenvalue weighted by atomic mass is 16.3. The first-order chi connectivity index (χ1) is 10.8. The van der Waals surface area contributed by atoms with Crippen molar-refractivity contribution in [3.63, 3.8) is 0 Å². The molecule has 0 N–H and O–H groups in total. The monoisotopic (exact) mass is 309 g/mol. The number of rotatable bonds is 3. The summed E-state index contributed by atoms with van der Waals surface area (Å²) in [4.78, 5) is 27.3. The van der Waals surface area contributed by atoms with Gasteiger partial charge in [0.25, 0.3) is 0 Å². The van der Waals surface area contributed by atoms with E-state index in [1.165, 1.54) is 0 Å². The predicted octanol–water partition coefficient (Wildman–Crippen LogP) is 3.47. The van der Waals surface area contributed by atoms with Crippen molar-refractivity contribution in [1.82, 2.24) is 4.90 Å². The van der Waals surface area contributed by atoms with Crippen LogP contribution in [0, 0.1) is 0 Å².